The number of amides is 1. The van der Waals surface area contributed by atoms with Crippen LogP contribution >= 0.6 is 22.6 Å². The number of aliphatic hydroxyl groups is 1. The lowest BCUT2D eigenvalue weighted by molar-refractivity contribution is -0.180. The van der Waals surface area contributed by atoms with Gasteiger partial charge in [0.1, 0.15) is 11.4 Å². The Kier molecular flexibility index (Phi) is 5.95. The van der Waals surface area contributed by atoms with Crippen molar-refractivity contribution in [2.24, 2.45) is 0 Å². The van der Waals surface area contributed by atoms with Gasteiger partial charge in [0.2, 0.25) is 6.41 Å². The molecule has 30 heavy (non-hydrogen) atoms. The molecule has 1 amide bonds. The van der Waals surface area contributed by atoms with E-state index in [1.165, 1.54) is 23.1 Å². The number of rotatable bonds is 5. The quantitative estimate of drug-likeness (QED) is 0.406. The van der Waals surface area contributed by atoms with E-state index in [0.717, 1.165) is 25.5 Å². The molecule has 2 aliphatic heterocycles. The Morgan fingerprint density at radius 2 is 2.00 bits per heavy atom. The molecule has 2 aromatic rings. The summed E-state index contributed by atoms with van der Waals surface area (Å²) in [4.78, 5) is 12.9. The first-order chi connectivity index (χ1) is 14.3. The van der Waals surface area contributed by atoms with Gasteiger partial charge in [0, 0.05) is 15.2 Å². The molecule has 2 aromatic carbocycles. The summed E-state index contributed by atoms with van der Waals surface area (Å²) in [5.74, 6) is -2.92. The van der Waals surface area contributed by atoms with Crippen LogP contribution in [0.15, 0.2) is 30.3 Å². The molecule has 160 valence electrons. The third kappa shape index (κ3) is 3.67. The average molecular weight is 531 g/mol. The van der Waals surface area contributed by atoms with Crippen LogP contribution in [0.3, 0.4) is 0 Å². The summed E-state index contributed by atoms with van der Waals surface area (Å²) in [6.07, 6.45) is 3.19. The van der Waals surface area contributed by atoms with Crippen molar-refractivity contribution >= 4 is 40.4 Å². The van der Waals surface area contributed by atoms with Gasteiger partial charge in [0.05, 0.1) is 24.0 Å². The molecular formula is C21H21F3IN3O2. The van der Waals surface area contributed by atoms with Crippen LogP contribution in [0.4, 0.5) is 24.5 Å². The molecule has 0 aromatic heterocycles. The monoisotopic (exact) mass is 531 g/mol. The predicted octanol–water partition coefficient (Wildman–Crippen LogP) is 3.84. The maximum Gasteiger partial charge on any atom is 0.210 e. The fourth-order valence-electron chi connectivity index (χ4n) is 4.42. The molecule has 0 saturated carbocycles. The second-order valence-electron chi connectivity index (χ2n) is 7.75. The maximum atomic E-state index is 14.8. The number of anilines is 2. The van der Waals surface area contributed by atoms with Crippen LogP contribution in [0, 0.1) is 21.0 Å². The van der Waals surface area contributed by atoms with E-state index in [2.05, 4.69) is 10.6 Å². The molecule has 2 aliphatic rings. The summed E-state index contributed by atoms with van der Waals surface area (Å²) in [7, 11) is 0. The lowest BCUT2D eigenvalue weighted by Crippen LogP contribution is -2.72. The number of carbonyl (C=O) groups is 1. The van der Waals surface area contributed by atoms with Crippen molar-refractivity contribution in [3.8, 4) is 0 Å². The summed E-state index contributed by atoms with van der Waals surface area (Å²) in [6, 6.07) is 5.43. The van der Waals surface area contributed by atoms with Crippen LogP contribution in [0.25, 0.3) is 0 Å². The fourth-order valence-corrected chi connectivity index (χ4v) is 4.87. The Bertz CT molecular complexity index is 971. The maximum absolute atomic E-state index is 14.8. The highest BCUT2D eigenvalue weighted by atomic mass is 127. The van der Waals surface area contributed by atoms with E-state index in [1.807, 2.05) is 22.6 Å². The number of β-amino-alcohol motifs (C(OH)–C–C–N with tert-alkyl or cyclic N) is 1. The number of nitrogens with zero attached hydrogens (tertiary/aromatic N) is 1. The van der Waals surface area contributed by atoms with Crippen molar-refractivity contribution in [3.05, 3.63) is 56.9 Å². The minimum absolute atomic E-state index is 0.0301. The molecule has 2 fully saturated rings. The smallest absolute Gasteiger partial charge is 0.210 e. The second-order valence-corrected chi connectivity index (χ2v) is 8.99. The minimum atomic E-state index is -1.34. The van der Waals surface area contributed by atoms with Crippen LogP contribution < -0.4 is 10.6 Å². The van der Waals surface area contributed by atoms with Crippen LogP contribution in [0.2, 0.25) is 0 Å². The zero-order chi connectivity index (χ0) is 21.5. The first kappa shape index (κ1) is 21.4. The van der Waals surface area contributed by atoms with Crippen molar-refractivity contribution in [1.29, 1.82) is 0 Å². The summed E-state index contributed by atoms with van der Waals surface area (Å²) in [5.41, 5.74) is -1.47. The molecule has 0 radical (unpaired) electrons. The number of halogens is 4. The van der Waals surface area contributed by atoms with Crippen molar-refractivity contribution in [2.45, 2.75) is 36.9 Å². The molecular weight excluding hydrogens is 510 g/mol. The number of benzene rings is 2. The van der Waals surface area contributed by atoms with E-state index in [9.17, 15) is 23.1 Å². The van der Waals surface area contributed by atoms with E-state index in [1.54, 1.807) is 6.07 Å². The number of nitrogens with one attached hydrogen (secondary N) is 2. The molecule has 9 heteroatoms. The number of hydrogen-bond acceptors (Lipinski definition) is 4. The van der Waals surface area contributed by atoms with Crippen LogP contribution in [-0.2, 0) is 4.79 Å². The summed E-state index contributed by atoms with van der Waals surface area (Å²) in [6.45, 7) is 0.812. The summed E-state index contributed by atoms with van der Waals surface area (Å²) in [5, 5.41) is 17.3. The Morgan fingerprint density at radius 1 is 1.20 bits per heavy atom. The van der Waals surface area contributed by atoms with E-state index in [4.69, 9.17) is 0 Å². The summed E-state index contributed by atoms with van der Waals surface area (Å²) >= 11 is 1.95. The standard InChI is InChI=1S/C21H21F3IN3O2/c22-14-6-5-13(19(18(14)24)27-16-7-4-12(25)9-15(16)23)20-21(30,10-28(20)11-29)17-3-1-2-8-26-17/h4-7,9,11,17,20,26-27,30H,1-3,8,10H2/t17-,20-,21-/m0/s1. The molecule has 2 saturated heterocycles. The van der Waals surface area contributed by atoms with Gasteiger partial charge in [-0.15, -0.1) is 0 Å². The number of carbonyl (C=O) groups excluding carboxylic acids is 1. The first-order valence-electron chi connectivity index (χ1n) is 9.72. The lowest BCUT2D eigenvalue weighted by Gasteiger charge is -2.57. The van der Waals surface area contributed by atoms with Gasteiger partial charge in [0.15, 0.2) is 11.6 Å². The average Bonchev–Trinajstić information content (AvgIpc) is 2.73. The van der Waals surface area contributed by atoms with Gasteiger partial charge in [-0.1, -0.05) is 12.5 Å². The molecule has 3 atom stereocenters. The second kappa shape index (κ2) is 8.35. The number of hydrogen-bond donors (Lipinski definition) is 3. The van der Waals surface area contributed by atoms with Crippen LogP contribution in [0.5, 0.6) is 0 Å². The van der Waals surface area contributed by atoms with E-state index in [0.29, 0.717) is 16.4 Å². The molecule has 4 rings (SSSR count). The fraction of sp³-hybridized carbons (Fsp3) is 0.381. The van der Waals surface area contributed by atoms with E-state index in [-0.39, 0.29) is 29.5 Å². The first-order valence-corrected chi connectivity index (χ1v) is 10.8. The van der Waals surface area contributed by atoms with Gasteiger partial charge in [0.25, 0.3) is 0 Å². The van der Waals surface area contributed by atoms with Gasteiger partial charge in [-0.3, -0.25) is 4.79 Å². The van der Waals surface area contributed by atoms with Gasteiger partial charge in [-0.05, 0) is 66.2 Å². The number of likely N-dealkylation sites (tertiary alicyclic amines) is 1. The Morgan fingerprint density at radius 3 is 2.67 bits per heavy atom. The highest BCUT2D eigenvalue weighted by Crippen LogP contribution is 2.48. The Labute approximate surface area is 185 Å². The third-order valence-electron chi connectivity index (χ3n) is 5.90. The SMILES string of the molecule is O=CN1C[C@](O)([C@@H]2CCCCN2)[C@@H]1c1ccc(F)c(F)c1Nc1ccc(I)cc1F. The topological polar surface area (TPSA) is 64.6 Å². The molecule has 0 unspecified atom stereocenters. The highest BCUT2D eigenvalue weighted by molar-refractivity contribution is 14.1. The van der Waals surface area contributed by atoms with Gasteiger partial charge in [-0.2, -0.15) is 0 Å². The van der Waals surface area contributed by atoms with Crippen molar-refractivity contribution in [1.82, 2.24) is 10.2 Å². The van der Waals surface area contributed by atoms with Gasteiger partial charge < -0.3 is 20.6 Å². The largest absolute Gasteiger partial charge is 0.384 e. The van der Waals surface area contributed by atoms with Gasteiger partial charge in [-0.25, -0.2) is 13.2 Å². The Balaban J connectivity index is 1.77. The molecule has 3 N–H and O–H groups in total. The van der Waals surface area contributed by atoms with E-state index < -0.39 is 29.1 Å². The normalized spacial score (nSPS) is 26.2. The third-order valence-corrected chi connectivity index (χ3v) is 6.57. The molecule has 2 heterocycles. The van der Waals surface area contributed by atoms with Crippen molar-refractivity contribution in [2.75, 3.05) is 18.4 Å². The lowest BCUT2D eigenvalue weighted by atomic mass is 9.71. The molecule has 0 bridgehead atoms. The summed E-state index contributed by atoms with van der Waals surface area (Å²) < 4.78 is 43.9. The minimum Gasteiger partial charge on any atom is -0.384 e. The Hall–Kier alpha value is -1.85. The van der Waals surface area contributed by atoms with Crippen LogP contribution in [-0.4, -0.2) is 41.1 Å². The predicted molar refractivity (Wildman–Crippen MR) is 115 cm³/mol. The van der Waals surface area contributed by atoms with Crippen molar-refractivity contribution in [3.63, 3.8) is 0 Å². The zero-order valence-corrected chi connectivity index (χ0v) is 18.1. The molecule has 0 spiro atoms. The van der Waals surface area contributed by atoms with Gasteiger partial charge >= 0.3 is 0 Å². The van der Waals surface area contributed by atoms with E-state index >= 15 is 0 Å². The van der Waals surface area contributed by atoms with Crippen molar-refractivity contribution < 1.29 is 23.1 Å². The number of piperidine rings is 1. The molecule has 0 aliphatic carbocycles. The van der Waals surface area contributed by atoms with Crippen LogP contribution in [0.1, 0.15) is 30.9 Å². The zero-order valence-electron chi connectivity index (χ0n) is 16.0. The highest BCUT2D eigenvalue weighted by Gasteiger charge is 2.57. The molecule has 5 nitrogen and oxygen atoms in total.